The zero-order chi connectivity index (χ0) is 9.19. The van der Waals surface area contributed by atoms with Gasteiger partial charge in [0.05, 0.1) is 4.71 Å². The molecule has 0 fully saturated rings. The largest absolute Gasteiger partial charge is 0.159 e. The van der Waals surface area contributed by atoms with E-state index in [0.717, 1.165) is 0 Å². The molecule has 0 heterocycles. The molecule has 1 aromatic carbocycles. The summed E-state index contributed by atoms with van der Waals surface area (Å²) in [6.07, 6.45) is 0. The third kappa shape index (κ3) is 1.96. The third-order valence-corrected chi connectivity index (χ3v) is 3.30. The van der Waals surface area contributed by atoms with Crippen molar-refractivity contribution in [1.29, 1.82) is 0 Å². The van der Waals surface area contributed by atoms with Gasteiger partial charge < -0.3 is 0 Å². The van der Waals surface area contributed by atoms with Crippen molar-refractivity contribution in [1.82, 2.24) is 0 Å². The Morgan fingerprint density at radius 2 is 1.75 bits per heavy atom. The van der Waals surface area contributed by atoms with Crippen molar-refractivity contribution in [2.75, 3.05) is 0 Å². The van der Waals surface area contributed by atoms with E-state index < -0.39 is 0 Å². The number of thiol groups is 1. The zero-order valence-corrected chi connectivity index (χ0v) is 8.94. The highest BCUT2D eigenvalue weighted by molar-refractivity contribution is 7.82. The molecule has 0 spiro atoms. The summed E-state index contributed by atoms with van der Waals surface area (Å²) in [6.45, 7) is 4.18. The number of benzene rings is 1. The number of hydrogen-bond acceptors (Lipinski definition) is 1. The molecule has 0 nitrogen and oxygen atoms in total. The molecule has 1 rings (SSSR count). The molecule has 0 N–H and O–H groups in total. The molecule has 0 radical (unpaired) electrons. The van der Waals surface area contributed by atoms with Crippen molar-refractivity contribution in [3.63, 3.8) is 0 Å². The number of halogens is 1. The van der Waals surface area contributed by atoms with Gasteiger partial charge in [0.1, 0.15) is 0 Å². The Morgan fingerprint density at radius 3 is 2.17 bits per heavy atom. The summed E-state index contributed by atoms with van der Waals surface area (Å²) in [4.78, 5) is 0. The predicted octanol–water partition coefficient (Wildman–Crippen LogP) is 3.46. The van der Waals surface area contributed by atoms with E-state index in [9.17, 15) is 0 Å². The minimum absolute atomic E-state index is 0.0775. The summed E-state index contributed by atoms with van der Waals surface area (Å²) in [5, 5.41) is 0. The van der Waals surface area contributed by atoms with Crippen LogP contribution in [-0.2, 0) is 5.41 Å². The molecule has 1 aromatic rings. The van der Waals surface area contributed by atoms with Gasteiger partial charge in [-0.2, -0.15) is 12.6 Å². The second-order valence-electron chi connectivity index (χ2n) is 3.42. The lowest BCUT2D eigenvalue weighted by Crippen LogP contribution is -2.25. The Hall–Kier alpha value is -0.140. The Labute approximate surface area is 84.3 Å². The van der Waals surface area contributed by atoms with E-state index in [-0.39, 0.29) is 10.1 Å². The summed E-state index contributed by atoms with van der Waals surface area (Å²) in [5.41, 5.74) is 1.14. The van der Waals surface area contributed by atoms with Crippen molar-refractivity contribution in [3.8, 4) is 0 Å². The number of hydrogen-bond donors (Lipinski definition) is 1. The van der Waals surface area contributed by atoms with Gasteiger partial charge in [-0.05, 0) is 5.56 Å². The minimum Gasteiger partial charge on any atom is -0.159 e. The van der Waals surface area contributed by atoms with E-state index >= 15 is 0 Å². The predicted molar refractivity (Wildman–Crippen MR) is 58.1 cm³/mol. The van der Waals surface area contributed by atoms with E-state index in [1.165, 1.54) is 5.56 Å². The fourth-order valence-corrected chi connectivity index (χ4v) is 1.28. The highest BCUT2D eigenvalue weighted by Crippen LogP contribution is 2.32. The molecule has 1 atom stereocenters. The Balaban J connectivity index is 2.98. The standard InChI is InChI=1S/C10H13ClS/c1-10(2,9(11)12)8-6-4-3-5-7-8/h3-7,9,12H,1-2H3. The van der Waals surface area contributed by atoms with Gasteiger partial charge in [-0.25, -0.2) is 0 Å². The molecule has 0 bridgehead atoms. The van der Waals surface area contributed by atoms with E-state index in [2.05, 4.69) is 38.6 Å². The maximum atomic E-state index is 5.97. The molecule has 0 saturated heterocycles. The lowest BCUT2D eigenvalue weighted by molar-refractivity contribution is 0.576. The van der Waals surface area contributed by atoms with Crippen LogP contribution in [0.3, 0.4) is 0 Å². The van der Waals surface area contributed by atoms with Crippen LogP contribution in [-0.4, -0.2) is 4.71 Å². The number of alkyl halides is 1. The van der Waals surface area contributed by atoms with Crippen molar-refractivity contribution >= 4 is 24.2 Å². The van der Waals surface area contributed by atoms with Crippen LogP contribution in [0.25, 0.3) is 0 Å². The Bertz CT molecular complexity index is 241. The van der Waals surface area contributed by atoms with Crippen LogP contribution >= 0.6 is 24.2 Å². The molecule has 1 unspecified atom stereocenters. The van der Waals surface area contributed by atoms with Crippen LogP contribution in [0.2, 0.25) is 0 Å². The summed E-state index contributed by atoms with van der Waals surface area (Å²) < 4.78 is -0.153. The summed E-state index contributed by atoms with van der Waals surface area (Å²) in [5.74, 6) is 0. The summed E-state index contributed by atoms with van der Waals surface area (Å²) in [6, 6.07) is 10.2. The van der Waals surface area contributed by atoms with Crippen molar-refractivity contribution in [2.24, 2.45) is 0 Å². The molecule has 0 amide bonds. The van der Waals surface area contributed by atoms with Crippen LogP contribution in [0.4, 0.5) is 0 Å². The topological polar surface area (TPSA) is 0 Å². The Morgan fingerprint density at radius 1 is 1.25 bits per heavy atom. The SMILES string of the molecule is CC(C)(c1ccccc1)C(S)Cl. The average molecular weight is 201 g/mol. The normalized spacial score (nSPS) is 14.3. The van der Waals surface area contributed by atoms with Crippen molar-refractivity contribution in [3.05, 3.63) is 35.9 Å². The maximum absolute atomic E-state index is 5.97. The van der Waals surface area contributed by atoms with Crippen molar-refractivity contribution in [2.45, 2.75) is 24.0 Å². The van der Waals surface area contributed by atoms with Gasteiger partial charge in [-0.1, -0.05) is 44.2 Å². The first-order valence-electron chi connectivity index (χ1n) is 3.93. The molecular weight excluding hydrogens is 188 g/mol. The van der Waals surface area contributed by atoms with E-state index in [1.54, 1.807) is 0 Å². The Kier molecular flexibility index (Phi) is 3.08. The molecule has 12 heavy (non-hydrogen) atoms. The molecule has 66 valence electrons. The highest BCUT2D eigenvalue weighted by Gasteiger charge is 2.26. The summed E-state index contributed by atoms with van der Waals surface area (Å²) in [7, 11) is 0. The average Bonchev–Trinajstić information content (AvgIpc) is 2.06. The summed E-state index contributed by atoms with van der Waals surface area (Å²) >= 11 is 10.2. The third-order valence-electron chi connectivity index (χ3n) is 2.11. The molecule has 0 aliphatic heterocycles. The molecule has 0 aliphatic carbocycles. The minimum atomic E-state index is -0.153. The van der Waals surface area contributed by atoms with Gasteiger partial charge in [0.2, 0.25) is 0 Å². The van der Waals surface area contributed by atoms with Gasteiger partial charge in [0.25, 0.3) is 0 Å². The first kappa shape index (κ1) is 9.94. The van der Waals surface area contributed by atoms with Crippen LogP contribution in [0.5, 0.6) is 0 Å². The fourth-order valence-electron chi connectivity index (χ4n) is 1.01. The zero-order valence-electron chi connectivity index (χ0n) is 7.29. The second kappa shape index (κ2) is 3.71. The van der Waals surface area contributed by atoms with Gasteiger partial charge >= 0.3 is 0 Å². The molecule has 0 aliphatic rings. The first-order valence-corrected chi connectivity index (χ1v) is 4.88. The van der Waals surface area contributed by atoms with Crippen LogP contribution < -0.4 is 0 Å². The van der Waals surface area contributed by atoms with Crippen molar-refractivity contribution < 1.29 is 0 Å². The van der Waals surface area contributed by atoms with E-state index in [1.807, 2.05) is 18.2 Å². The van der Waals surface area contributed by atoms with Gasteiger partial charge in [-0.15, -0.1) is 11.6 Å². The maximum Gasteiger partial charge on any atom is 0.0850 e. The van der Waals surface area contributed by atoms with Gasteiger partial charge in [0, 0.05) is 5.41 Å². The lowest BCUT2D eigenvalue weighted by Gasteiger charge is -2.27. The smallest absolute Gasteiger partial charge is 0.0850 e. The van der Waals surface area contributed by atoms with Crippen LogP contribution in [0.15, 0.2) is 30.3 Å². The number of rotatable bonds is 2. The van der Waals surface area contributed by atoms with E-state index in [0.29, 0.717) is 0 Å². The second-order valence-corrected chi connectivity index (χ2v) is 4.68. The fraction of sp³-hybridized carbons (Fsp3) is 0.400. The molecular formula is C10H13ClS. The first-order chi connectivity index (χ1) is 5.55. The quantitative estimate of drug-likeness (QED) is 0.549. The molecule has 0 aromatic heterocycles. The van der Waals surface area contributed by atoms with Gasteiger partial charge in [-0.3, -0.25) is 0 Å². The monoisotopic (exact) mass is 200 g/mol. The molecule has 2 heteroatoms. The molecule has 0 saturated carbocycles. The van der Waals surface area contributed by atoms with Crippen LogP contribution in [0, 0.1) is 0 Å². The highest BCUT2D eigenvalue weighted by atomic mass is 35.5. The lowest BCUT2D eigenvalue weighted by atomic mass is 9.87. The van der Waals surface area contributed by atoms with Gasteiger partial charge in [0.15, 0.2) is 0 Å². The van der Waals surface area contributed by atoms with Crippen LogP contribution in [0.1, 0.15) is 19.4 Å². The van der Waals surface area contributed by atoms with E-state index in [4.69, 9.17) is 11.6 Å².